The molecule has 0 saturated carbocycles. The lowest BCUT2D eigenvalue weighted by atomic mass is 9.93. The third-order valence-electron chi connectivity index (χ3n) is 2.89. The van der Waals surface area contributed by atoms with Crippen molar-refractivity contribution in [2.45, 2.75) is 52.6 Å². The average molecular weight is 238 g/mol. The Kier molecular flexibility index (Phi) is 5.56. The van der Waals surface area contributed by atoms with Crippen LogP contribution in [0.3, 0.4) is 0 Å². The van der Waals surface area contributed by atoms with E-state index in [4.69, 9.17) is 0 Å². The molecule has 1 aromatic heterocycles. The molecule has 2 nitrogen and oxygen atoms in total. The van der Waals surface area contributed by atoms with Gasteiger partial charge in [0.25, 0.3) is 0 Å². The molecular weight excluding hydrogens is 215 g/mol. The molecule has 0 fully saturated rings. The number of pyridine rings is 1. The molecular formula is C14H23FN2. The Labute approximate surface area is 104 Å². The summed E-state index contributed by atoms with van der Waals surface area (Å²) in [4.78, 5) is 4.20. The molecule has 0 aliphatic rings. The van der Waals surface area contributed by atoms with Gasteiger partial charge in [-0.25, -0.2) is 4.39 Å². The zero-order chi connectivity index (χ0) is 12.8. The molecule has 96 valence electrons. The highest BCUT2D eigenvalue weighted by Crippen LogP contribution is 2.24. The van der Waals surface area contributed by atoms with Gasteiger partial charge < -0.3 is 5.32 Å². The fourth-order valence-electron chi connectivity index (χ4n) is 2.09. The minimum Gasteiger partial charge on any atom is -0.306 e. The first-order valence-electron chi connectivity index (χ1n) is 6.42. The Morgan fingerprint density at radius 2 is 2.00 bits per heavy atom. The van der Waals surface area contributed by atoms with Crippen LogP contribution in [-0.4, -0.2) is 11.0 Å². The molecule has 0 aromatic carbocycles. The van der Waals surface area contributed by atoms with Crippen molar-refractivity contribution in [3.63, 3.8) is 0 Å². The van der Waals surface area contributed by atoms with Gasteiger partial charge in [-0.3, -0.25) is 4.98 Å². The quantitative estimate of drug-likeness (QED) is 0.817. The number of rotatable bonds is 6. The van der Waals surface area contributed by atoms with Crippen molar-refractivity contribution in [3.8, 4) is 0 Å². The number of nitrogens with one attached hydrogen (secondary N) is 1. The molecule has 0 aliphatic carbocycles. The molecule has 2 atom stereocenters. The van der Waals surface area contributed by atoms with E-state index in [1.54, 1.807) is 6.07 Å². The van der Waals surface area contributed by atoms with Crippen molar-refractivity contribution < 1.29 is 4.39 Å². The van der Waals surface area contributed by atoms with Gasteiger partial charge in [-0.2, -0.15) is 0 Å². The predicted octanol–water partition coefficient (Wildman–Crippen LogP) is 3.70. The van der Waals surface area contributed by atoms with E-state index in [0.29, 0.717) is 12.0 Å². The highest BCUT2D eigenvalue weighted by atomic mass is 19.1. The van der Waals surface area contributed by atoms with E-state index in [1.807, 2.05) is 0 Å². The van der Waals surface area contributed by atoms with Crippen LogP contribution < -0.4 is 5.32 Å². The Balaban J connectivity index is 2.84. The van der Waals surface area contributed by atoms with Gasteiger partial charge in [0.05, 0.1) is 17.9 Å². The van der Waals surface area contributed by atoms with Crippen LogP contribution in [0.4, 0.5) is 4.39 Å². The van der Waals surface area contributed by atoms with Crippen LogP contribution in [-0.2, 0) is 0 Å². The maximum Gasteiger partial charge on any atom is 0.141 e. The van der Waals surface area contributed by atoms with Crippen molar-refractivity contribution in [1.29, 1.82) is 0 Å². The molecule has 0 saturated heterocycles. The fourth-order valence-corrected chi connectivity index (χ4v) is 2.09. The summed E-state index contributed by atoms with van der Waals surface area (Å²) in [7, 11) is 0. The fraction of sp³-hybridized carbons (Fsp3) is 0.643. The highest BCUT2D eigenvalue weighted by Gasteiger charge is 2.20. The Hall–Kier alpha value is -0.960. The number of aromatic nitrogens is 1. The van der Waals surface area contributed by atoms with Crippen LogP contribution in [0.5, 0.6) is 0 Å². The van der Waals surface area contributed by atoms with E-state index in [9.17, 15) is 4.39 Å². The van der Waals surface area contributed by atoms with Gasteiger partial charge in [0.15, 0.2) is 0 Å². The molecule has 1 aromatic rings. The van der Waals surface area contributed by atoms with E-state index in [0.717, 1.165) is 18.5 Å². The smallest absolute Gasteiger partial charge is 0.141 e. The summed E-state index contributed by atoms with van der Waals surface area (Å²) in [6, 6.07) is 3.86. The topological polar surface area (TPSA) is 24.9 Å². The molecule has 2 unspecified atom stereocenters. The van der Waals surface area contributed by atoms with Gasteiger partial charge in [0, 0.05) is 6.04 Å². The summed E-state index contributed by atoms with van der Waals surface area (Å²) in [5.74, 6) is 0.223. The van der Waals surface area contributed by atoms with Crippen molar-refractivity contribution in [2.75, 3.05) is 0 Å². The van der Waals surface area contributed by atoms with Crippen LogP contribution in [0.25, 0.3) is 0 Å². The van der Waals surface area contributed by atoms with Crippen LogP contribution >= 0.6 is 0 Å². The van der Waals surface area contributed by atoms with Gasteiger partial charge in [-0.15, -0.1) is 0 Å². The molecule has 0 spiro atoms. The van der Waals surface area contributed by atoms with E-state index in [2.05, 4.69) is 38.0 Å². The predicted molar refractivity (Wildman–Crippen MR) is 69.3 cm³/mol. The molecule has 1 N–H and O–H groups in total. The molecule has 0 amide bonds. The molecule has 0 radical (unpaired) electrons. The van der Waals surface area contributed by atoms with Gasteiger partial charge >= 0.3 is 0 Å². The van der Waals surface area contributed by atoms with Crippen molar-refractivity contribution in [1.82, 2.24) is 10.3 Å². The van der Waals surface area contributed by atoms with Gasteiger partial charge in [-0.1, -0.05) is 34.1 Å². The Bertz CT molecular complexity index is 321. The van der Waals surface area contributed by atoms with Crippen LogP contribution in [0.1, 0.15) is 52.3 Å². The maximum atomic E-state index is 12.9. The van der Waals surface area contributed by atoms with Crippen molar-refractivity contribution >= 4 is 0 Å². The van der Waals surface area contributed by atoms with Crippen molar-refractivity contribution in [2.24, 2.45) is 5.92 Å². The largest absolute Gasteiger partial charge is 0.306 e. The van der Waals surface area contributed by atoms with Gasteiger partial charge in [0.1, 0.15) is 5.82 Å². The summed E-state index contributed by atoms with van der Waals surface area (Å²) in [6.45, 7) is 8.64. The van der Waals surface area contributed by atoms with E-state index in [-0.39, 0.29) is 11.9 Å². The second kappa shape index (κ2) is 6.70. The molecule has 1 rings (SSSR count). The van der Waals surface area contributed by atoms with Crippen LogP contribution in [0, 0.1) is 11.7 Å². The number of halogens is 1. The third-order valence-corrected chi connectivity index (χ3v) is 2.89. The van der Waals surface area contributed by atoms with E-state index >= 15 is 0 Å². The number of nitrogens with zero attached hydrogens (tertiary/aromatic N) is 1. The van der Waals surface area contributed by atoms with Crippen LogP contribution in [0.15, 0.2) is 18.3 Å². The first-order valence-corrected chi connectivity index (χ1v) is 6.42. The van der Waals surface area contributed by atoms with Gasteiger partial charge in [0.2, 0.25) is 0 Å². The summed E-state index contributed by atoms with van der Waals surface area (Å²) in [6.07, 6.45) is 3.59. The maximum absolute atomic E-state index is 12.9. The molecule has 3 heteroatoms. The average Bonchev–Trinajstić information content (AvgIpc) is 2.27. The monoisotopic (exact) mass is 238 g/mol. The zero-order valence-electron chi connectivity index (χ0n) is 11.2. The first kappa shape index (κ1) is 14.1. The Morgan fingerprint density at radius 3 is 2.47 bits per heavy atom. The summed E-state index contributed by atoms with van der Waals surface area (Å²) in [5.41, 5.74) is 0.932. The van der Waals surface area contributed by atoms with Gasteiger partial charge in [-0.05, 0) is 24.5 Å². The normalized spacial score (nSPS) is 14.9. The third kappa shape index (κ3) is 4.43. The molecule has 1 heterocycles. The highest BCUT2D eigenvalue weighted by molar-refractivity contribution is 5.11. The van der Waals surface area contributed by atoms with Crippen LogP contribution in [0.2, 0.25) is 0 Å². The first-order chi connectivity index (χ1) is 8.04. The summed E-state index contributed by atoms with van der Waals surface area (Å²) < 4.78 is 12.9. The lowest BCUT2D eigenvalue weighted by Gasteiger charge is -2.26. The number of hydrogen-bond acceptors (Lipinski definition) is 2. The molecule has 0 aliphatic heterocycles. The lowest BCUT2D eigenvalue weighted by Crippen LogP contribution is -2.33. The second-order valence-corrected chi connectivity index (χ2v) is 4.97. The Morgan fingerprint density at radius 1 is 1.29 bits per heavy atom. The lowest BCUT2D eigenvalue weighted by molar-refractivity contribution is 0.334. The minimum atomic E-state index is -0.278. The van der Waals surface area contributed by atoms with E-state index < -0.39 is 0 Å². The second-order valence-electron chi connectivity index (χ2n) is 4.97. The zero-order valence-corrected chi connectivity index (χ0v) is 11.2. The summed E-state index contributed by atoms with van der Waals surface area (Å²) >= 11 is 0. The number of hydrogen-bond donors (Lipinski definition) is 1. The molecule has 17 heavy (non-hydrogen) atoms. The molecule has 0 bridgehead atoms. The SMILES string of the molecule is CCCC(C)C(NC(C)C)c1ccc(F)cn1. The minimum absolute atomic E-state index is 0.204. The van der Waals surface area contributed by atoms with Crippen molar-refractivity contribution in [3.05, 3.63) is 29.8 Å². The standard InChI is InChI=1S/C14H23FN2/c1-5-6-11(4)14(17-10(2)3)13-8-7-12(15)9-16-13/h7-11,14,17H,5-6H2,1-4H3. The summed E-state index contributed by atoms with van der Waals surface area (Å²) in [5, 5.41) is 3.52. The van der Waals surface area contributed by atoms with E-state index in [1.165, 1.54) is 12.3 Å².